The lowest BCUT2D eigenvalue weighted by atomic mass is 10.2. The van der Waals surface area contributed by atoms with Crippen molar-refractivity contribution < 1.29 is 22.4 Å². The number of halogens is 4. The van der Waals surface area contributed by atoms with Gasteiger partial charge in [-0.2, -0.15) is 18.3 Å². The highest BCUT2D eigenvalue weighted by atomic mass is 19.4. The summed E-state index contributed by atoms with van der Waals surface area (Å²) in [5.74, 6) is -1.14. The van der Waals surface area contributed by atoms with Crippen molar-refractivity contribution in [2.75, 3.05) is 18.4 Å². The number of benzene rings is 1. The minimum atomic E-state index is -4.48. The second-order valence-corrected chi connectivity index (χ2v) is 6.47. The van der Waals surface area contributed by atoms with Crippen molar-refractivity contribution in [2.45, 2.75) is 13.1 Å². The molecule has 0 aliphatic carbocycles. The summed E-state index contributed by atoms with van der Waals surface area (Å²) in [5, 5.41) is 9.22. The lowest BCUT2D eigenvalue weighted by Gasteiger charge is -2.12. The number of hydrogen-bond donors (Lipinski definition) is 2. The van der Waals surface area contributed by atoms with Gasteiger partial charge in [-0.25, -0.2) is 14.1 Å². The number of pyridine rings is 1. The van der Waals surface area contributed by atoms with Crippen LogP contribution in [0, 0.1) is 12.7 Å². The van der Waals surface area contributed by atoms with E-state index >= 15 is 0 Å². The second kappa shape index (κ2) is 8.94. The number of nitrogens with one attached hydrogen (secondary N) is 2. The van der Waals surface area contributed by atoms with Crippen LogP contribution in [0.5, 0.6) is 0 Å². The van der Waals surface area contributed by atoms with Gasteiger partial charge in [-0.1, -0.05) is 12.1 Å². The normalized spacial score (nSPS) is 11.3. The number of amides is 1. The fourth-order valence-electron chi connectivity index (χ4n) is 2.69. The average molecular weight is 435 g/mol. The van der Waals surface area contributed by atoms with E-state index in [0.717, 1.165) is 10.7 Å². The summed E-state index contributed by atoms with van der Waals surface area (Å²) in [4.78, 5) is 28.2. The molecular formula is C20H17F4N5O2. The molecular weight excluding hydrogens is 418 g/mol. The first-order chi connectivity index (χ1) is 14.7. The van der Waals surface area contributed by atoms with Gasteiger partial charge >= 0.3 is 6.18 Å². The van der Waals surface area contributed by atoms with E-state index in [9.17, 15) is 27.2 Å². The third kappa shape index (κ3) is 5.24. The zero-order valence-corrected chi connectivity index (χ0v) is 16.2. The van der Waals surface area contributed by atoms with E-state index in [1.807, 2.05) is 0 Å². The Balaban J connectivity index is 1.64. The lowest BCUT2D eigenvalue weighted by molar-refractivity contribution is -0.137. The summed E-state index contributed by atoms with van der Waals surface area (Å²) < 4.78 is 52.8. The molecule has 2 N–H and O–H groups in total. The number of para-hydroxylation sites is 1. The summed E-state index contributed by atoms with van der Waals surface area (Å²) in [6, 6.07) is 9.02. The van der Waals surface area contributed by atoms with E-state index in [2.05, 4.69) is 20.7 Å². The topological polar surface area (TPSA) is 88.9 Å². The van der Waals surface area contributed by atoms with E-state index in [1.54, 1.807) is 13.0 Å². The standard InChI is InChI=1S/C20H17F4N5O2/c1-12-10-16(30)18(28-29(12)15-5-3-2-4-14(15)21)19(31)26-9-8-25-17-7-6-13(11-27-17)20(22,23)24/h2-7,10-11H,8-9H2,1H3,(H,25,27)(H,26,31). The number of alkyl halides is 3. The van der Waals surface area contributed by atoms with E-state index < -0.39 is 34.6 Å². The van der Waals surface area contributed by atoms with Gasteiger partial charge in [0.05, 0.1) is 5.56 Å². The zero-order chi connectivity index (χ0) is 22.6. The molecule has 1 aromatic carbocycles. The summed E-state index contributed by atoms with van der Waals surface area (Å²) in [5.41, 5.74) is -1.48. The fraction of sp³-hybridized carbons (Fsp3) is 0.200. The molecule has 162 valence electrons. The van der Waals surface area contributed by atoms with Crippen LogP contribution in [0.1, 0.15) is 21.7 Å². The predicted molar refractivity (Wildman–Crippen MR) is 105 cm³/mol. The molecule has 11 heteroatoms. The Bertz CT molecular complexity index is 1140. The van der Waals surface area contributed by atoms with Gasteiger partial charge in [0.2, 0.25) is 5.43 Å². The number of aromatic nitrogens is 3. The van der Waals surface area contributed by atoms with E-state index in [0.29, 0.717) is 11.9 Å². The number of hydrogen-bond acceptors (Lipinski definition) is 5. The lowest BCUT2D eigenvalue weighted by Crippen LogP contribution is -2.34. The van der Waals surface area contributed by atoms with E-state index in [4.69, 9.17) is 0 Å². The number of anilines is 1. The van der Waals surface area contributed by atoms with Crippen LogP contribution in [0.4, 0.5) is 23.4 Å². The second-order valence-electron chi connectivity index (χ2n) is 6.47. The number of carbonyl (C=O) groups is 1. The maximum atomic E-state index is 14.1. The number of nitrogens with zero attached hydrogens (tertiary/aromatic N) is 3. The molecule has 3 rings (SSSR count). The van der Waals surface area contributed by atoms with Crippen LogP contribution in [0.25, 0.3) is 5.69 Å². The maximum absolute atomic E-state index is 14.1. The molecule has 0 spiro atoms. The van der Waals surface area contributed by atoms with Gasteiger partial charge in [-0.15, -0.1) is 0 Å². The molecule has 2 heterocycles. The highest BCUT2D eigenvalue weighted by Crippen LogP contribution is 2.28. The molecule has 0 radical (unpaired) electrons. The molecule has 0 bridgehead atoms. The third-order valence-electron chi connectivity index (χ3n) is 4.21. The average Bonchev–Trinajstić information content (AvgIpc) is 2.71. The van der Waals surface area contributed by atoms with Crippen molar-refractivity contribution >= 4 is 11.7 Å². The Morgan fingerprint density at radius 2 is 1.87 bits per heavy atom. The Kier molecular flexibility index (Phi) is 6.33. The summed E-state index contributed by atoms with van der Waals surface area (Å²) >= 11 is 0. The first kappa shape index (κ1) is 21.9. The molecule has 7 nitrogen and oxygen atoms in total. The predicted octanol–water partition coefficient (Wildman–Crippen LogP) is 2.94. The minimum Gasteiger partial charge on any atom is -0.368 e. The Labute approximate surface area is 173 Å². The molecule has 0 unspecified atom stereocenters. The first-order valence-corrected chi connectivity index (χ1v) is 9.08. The largest absolute Gasteiger partial charge is 0.417 e. The van der Waals surface area contributed by atoms with Crippen LogP contribution >= 0.6 is 0 Å². The van der Waals surface area contributed by atoms with Crippen LogP contribution < -0.4 is 16.1 Å². The Morgan fingerprint density at radius 1 is 1.13 bits per heavy atom. The third-order valence-corrected chi connectivity index (χ3v) is 4.21. The molecule has 0 atom stereocenters. The summed E-state index contributed by atoms with van der Waals surface area (Å²) in [7, 11) is 0. The van der Waals surface area contributed by atoms with Crippen molar-refractivity contribution in [1.29, 1.82) is 0 Å². The Hall–Kier alpha value is -3.76. The summed E-state index contributed by atoms with van der Waals surface area (Å²) in [6.07, 6.45) is -3.78. The summed E-state index contributed by atoms with van der Waals surface area (Å²) in [6.45, 7) is 1.73. The van der Waals surface area contributed by atoms with Crippen molar-refractivity contribution in [3.63, 3.8) is 0 Å². The highest BCUT2D eigenvalue weighted by Gasteiger charge is 2.30. The number of rotatable bonds is 6. The SMILES string of the molecule is Cc1cc(=O)c(C(=O)NCCNc2ccc(C(F)(F)F)cn2)nn1-c1ccccc1F. The molecule has 31 heavy (non-hydrogen) atoms. The van der Waals surface area contributed by atoms with Gasteiger partial charge in [-0.05, 0) is 31.2 Å². The molecule has 1 amide bonds. The molecule has 0 fully saturated rings. The maximum Gasteiger partial charge on any atom is 0.417 e. The van der Waals surface area contributed by atoms with Crippen molar-refractivity contribution in [2.24, 2.45) is 0 Å². The van der Waals surface area contributed by atoms with Gasteiger partial charge in [0.1, 0.15) is 17.3 Å². The van der Waals surface area contributed by atoms with Gasteiger partial charge in [0, 0.05) is 31.0 Å². The van der Waals surface area contributed by atoms with Crippen LogP contribution in [0.3, 0.4) is 0 Å². The van der Waals surface area contributed by atoms with Gasteiger partial charge < -0.3 is 10.6 Å². The van der Waals surface area contributed by atoms with Gasteiger partial charge in [-0.3, -0.25) is 9.59 Å². The van der Waals surface area contributed by atoms with Crippen molar-refractivity contribution in [3.8, 4) is 5.69 Å². The van der Waals surface area contributed by atoms with E-state index in [1.165, 1.54) is 30.3 Å². The molecule has 2 aromatic heterocycles. The van der Waals surface area contributed by atoms with Crippen LogP contribution in [-0.2, 0) is 6.18 Å². The van der Waals surface area contributed by atoms with E-state index in [-0.39, 0.29) is 24.6 Å². The zero-order valence-electron chi connectivity index (χ0n) is 16.2. The van der Waals surface area contributed by atoms with Crippen molar-refractivity contribution in [3.05, 3.63) is 81.7 Å². The van der Waals surface area contributed by atoms with Gasteiger partial charge in [0.15, 0.2) is 5.69 Å². The first-order valence-electron chi connectivity index (χ1n) is 9.08. The van der Waals surface area contributed by atoms with Crippen LogP contribution in [0.2, 0.25) is 0 Å². The molecule has 3 aromatic rings. The number of aryl methyl sites for hydroxylation is 1. The minimum absolute atomic E-state index is 0.0379. The van der Waals surface area contributed by atoms with Crippen molar-refractivity contribution in [1.82, 2.24) is 20.1 Å². The molecule has 0 saturated carbocycles. The molecule has 0 saturated heterocycles. The smallest absolute Gasteiger partial charge is 0.368 e. The van der Waals surface area contributed by atoms with Gasteiger partial charge in [0.25, 0.3) is 5.91 Å². The molecule has 0 aliphatic rings. The quantitative estimate of drug-likeness (QED) is 0.459. The monoisotopic (exact) mass is 435 g/mol. The molecule has 0 aliphatic heterocycles. The fourth-order valence-corrected chi connectivity index (χ4v) is 2.69. The Morgan fingerprint density at radius 3 is 2.52 bits per heavy atom. The van der Waals surface area contributed by atoms with Crippen LogP contribution in [0.15, 0.2) is 53.5 Å². The highest BCUT2D eigenvalue weighted by molar-refractivity contribution is 5.92. The number of carbonyl (C=O) groups excluding carboxylic acids is 1. The van der Waals surface area contributed by atoms with Crippen LogP contribution in [-0.4, -0.2) is 33.8 Å².